The third-order valence-electron chi connectivity index (χ3n) is 2.42. The van der Waals surface area contributed by atoms with Gasteiger partial charge in [0, 0.05) is 13.3 Å². The van der Waals surface area contributed by atoms with Gasteiger partial charge in [0.2, 0.25) is 0 Å². The van der Waals surface area contributed by atoms with E-state index >= 15 is 0 Å². The van der Waals surface area contributed by atoms with Gasteiger partial charge in [0.25, 0.3) is 0 Å². The van der Waals surface area contributed by atoms with Crippen LogP contribution in [0.15, 0.2) is 0 Å². The van der Waals surface area contributed by atoms with Crippen LogP contribution in [-0.2, 0) is 14.3 Å². The predicted molar refractivity (Wildman–Crippen MR) is 48.2 cm³/mol. The molecule has 3 nitrogen and oxygen atoms in total. The Balaban J connectivity index is 2.36. The van der Waals surface area contributed by atoms with Gasteiger partial charge >= 0.3 is 5.97 Å². The van der Waals surface area contributed by atoms with Gasteiger partial charge in [0.1, 0.15) is 12.4 Å². The van der Waals surface area contributed by atoms with Crippen molar-refractivity contribution in [3.05, 3.63) is 0 Å². The molecule has 0 radical (unpaired) electrons. The van der Waals surface area contributed by atoms with E-state index < -0.39 is 0 Å². The molecule has 0 amide bonds. The van der Waals surface area contributed by atoms with Crippen LogP contribution in [0.25, 0.3) is 0 Å². The number of carbonyl (C=O) groups is 2. The van der Waals surface area contributed by atoms with Gasteiger partial charge in [-0.05, 0) is 12.8 Å². The number of carbonyl (C=O) groups excluding carboxylic acids is 2. The normalized spacial score (nSPS) is 23.8. The third kappa shape index (κ3) is 3.57. The van der Waals surface area contributed by atoms with Crippen molar-refractivity contribution in [2.75, 3.05) is 6.61 Å². The molecule has 0 aromatic heterocycles. The van der Waals surface area contributed by atoms with Crippen molar-refractivity contribution in [2.45, 2.75) is 39.0 Å². The van der Waals surface area contributed by atoms with Crippen LogP contribution in [0.1, 0.15) is 39.0 Å². The summed E-state index contributed by atoms with van der Waals surface area (Å²) in [5.41, 5.74) is 0. The predicted octanol–water partition coefficient (Wildman–Crippen LogP) is 1.70. The Morgan fingerprint density at radius 3 is 2.92 bits per heavy atom. The zero-order chi connectivity index (χ0) is 9.68. The van der Waals surface area contributed by atoms with Crippen molar-refractivity contribution >= 4 is 11.8 Å². The summed E-state index contributed by atoms with van der Waals surface area (Å²) < 4.78 is 4.85. The monoisotopic (exact) mass is 184 g/mol. The molecule has 0 aromatic rings. The van der Waals surface area contributed by atoms with Gasteiger partial charge in [-0.3, -0.25) is 9.59 Å². The zero-order valence-electron chi connectivity index (χ0n) is 8.04. The molecule has 0 aromatic carbocycles. The molecule has 0 saturated heterocycles. The Bertz CT molecular complexity index is 198. The molecular weight excluding hydrogens is 168 g/mol. The van der Waals surface area contributed by atoms with Gasteiger partial charge in [-0.2, -0.15) is 0 Å². The van der Waals surface area contributed by atoms with Gasteiger partial charge in [0.05, 0.1) is 5.92 Å². The first-order valence-corrected chi connectivity index (χ1v) is 4.86. The van der Waals surface area contributed by atoms with Crippen LogP contribution in [0.3, 0.4) is 0 Å². The fourth-order valence-corrected chi connectivity index (χ4v) is 1.63. The van der Waals surface area contributed by atoms with Crippen LogP contribution in [0.5, 0.6) is 0 Å². The molecule has 1 fully saturated rings. The first kappa shape index (κ1) is 10.2. The van der Waals surface area contributed by atoms with Gasteiger partial charge in [-0.25, -0.2) is 0 Å². The van der Waals surface area contributed by atoms with Crippen molar-refractivity contribution in [3.8, 4) is 0 Å². The molecule has 0 spiro atoms. The smallest absolute Gasteiger partial charge is 0.302 e. The van der Waals surface area contributed by atoms with Gasteiger partial charge in [-0.1, -0.05) is 12.8 Å². The Labute approximate surface area is 78.5 Å². The quantitative estimate of drug-likeness (QED) is 0.484. The molecule has 0 N–H and O–H groups in total. The van der Waals surface area contributed by atoms with E-state index in [0.29, 0.717) is 6.42 Å². The minimum atomic E-state index is -0.294. The molecule has 0 bridgehead atoms. The maximum Gasteiger partial charge on any atom is 0.302 e. The highest BCUT2D eigenvalue weighted by Crippen LogP contribution is 2.20. The van der Waals surface area contributed by atoms with E-state index in [1.54, 1.807) is 0 Å². The molecule has 3 heteroatoms. The number of rotatable bonds is 2. The lowest BCUT2D eigenvalue weighted by atomic mass is 10.0. The SMILES string of the molecule is CC(=O)OCC1CCCCCC1=O. The van der Waals surface area contributed by atoms with Crippen LogP contribution in [0.2, 0.25) is 0 Å². The fourth-order valence-electron chi connectivity index (χ4n) is 1.63. The fraction of sp³-hybridized carbons (Fsp3) is 0.800. The summed E-state index contributed by atoms with van der Waals surface area (Å²) in [7, 11) is 0. The standard InChI is InChI=1S/C10H16O3/c1-8(11)13-7-9-5-3-2-4-6-10(9)12/h9H,2-7H2,1H3. The molecule has 13 heavy (non-hydrogen) atoms. The lowest BCUT2D eigenvalue weighted by Gasteiger charge is -2.11. The molecule has 0 aliphatic heterocycles. The molecular formula is C10H16O3. The molecule has 1 aliphatic carbocycles. The van der Waals surface area contributed by atoms with E-state index in [-0.39, 0.29) is 24.3 Å². The first-order chi connectivity index (χ1) is 6.20. The molecule has 1 saturated carbocycles. The Kier molecular flexibility index (Phi) is 3.93. The van der Waals surface area contributed by atoms with Gasteiger partial charge < -0.3 is 4.74 Å². The minimum absolute atomic E-state index is 0.0357. The number of esters is 1. The summed E-state index contributed by atoms with van der Waals surface area (Å²) in [5.74, 6) is -0.0674. The maximum absolute atomic E-state index is 11.4. The molecule has 1 rings (SSSR count). The lowest BCUT2D eigenvalue weighted by molar-refractivity contribution is -0.143. The number of Topliss-reactive ketones (excluding diaryl/α,β-unsaturated/α-hetero) is 1. The van der Waals surface area contributed by atoms with Gasteiger partial charge in [-0.15, -0.1) is 0 Å². The Hall–Kier alpha value is -0.860. The van der Waals surface area contributed by atoms with Crippen molar-refractivity contribution < 1.29 is 14.3 Å². The summed E-state index contributed by atoms with van der Waals surface area (Å²) in [6.45, 7) is 1.66. The number of hydrogen-bond donors (Lipinski definition) is 0. The number of ether oxygens (including phenoxy) is 1. The second-order valence-electron chi connectivity index (χ2n) is 3.57. The van der Waals surface area contributed by atoms with Crippen LogP contribution in [0, 0.1) is 5.92 Å². The summed E-state index contributed by atoms with van der Waals surface area (Å²) in [6, 6.07) is 0. The topological polar surface area (TPSA) is 43.4 Å². The largest absolute Gasteiger partial charge is 0.465 e. The summed E-state index contributed by atoms with van der Waals surface area (Å²) >= 11 is 0. The van der Waals surface area contributed by atoms with E-state index in [0.717, 1.165) is 25.7 Å². The maximum atomic E-state index is 11.4. The summed E-state index contributed by atoms with van der Waals surface area (Å²) in [6.07, 6.45) is 4.74. The lowest BCUT2D eigenvalue weighted by Crippen LogP contribution is -2.20. The van der Waals surface area contributed by atoms with E-state index in [1.165, 1.54) is 6.92 Å². The van der Waals surface area contributed by atoms with Crippen LogP contribution in [0.4, 0.5) is 0 Å². The Morgan fingerprint density at radius 1 is 1.46 bits per heavy atom. The highest BCUT2D eigenvalue weighted by Gasteiger charge is 2.21. The first-order valence-electron chi connectivity index (χ1n) is 4.86. The molecule has 0 heterocycles. The zero-order valence-corrected chi connectivity index (χ0v) is 8.04. The van der Waals surface area contributed by atoms with E-state index in [2.05, 4.69) is 0 Å². The average Bonchev–Trinajstić information content (AvgIpc) is 2.27. The van der Waals surface area contributed by atoms with Crippen molar-refractivity contribution in [1.82, 2.24) is 0 Å². The van der Waals surface area contributed by atoms with Crippen LogP contribution < -0.4 is 0 Å². The van der Waals surface area contributed by atoms with E-state index in [4.69, 9.17) is 4.74 Å². The second-order valence-corrected chi connectivity index (χ2v) is 3.57. The van der Waals surface area contributed by atoms with Gasteiger partial charge in [0.15, 0.2) is 0 Å². The summed E-state index contributed by atoms with van der Waals surface area (Å²) in [5, 5.41) is 0. The Morgan fingerprint density at radius 2 is 2.23 bits per heavy atom. The van der Waals surface area contributed by atoms with Crippen molar-refractivity contribution in [2.24, 2.45) is 5.92 Å². The minimum Gasteiger partial charge on any atom is -0.465 e. The highest BCUT2D eigenvalue weighted by atomic mass is 16.5. The van der Waals surface area contributed by atoms with E-state index in [9.17, 15) is 9.59 Å². The molecule has 1 unspecified atom stereocenters. The van der Waals surface area contributed by atoms with Crippen LogP contribution in [-0.4, -0.2) is 18.4 Å². The van der Waals surface area contributed by atoms with Crippen molar-refractivity contribution in [3.63, 3.8) is 0 Å². The molecule has 1 atom stereocenters. The molecule has 1 aliphatic rings. The summed E-state index contributed by atoms with van der Waals surface area (Å²) in [4.78, 5) is 22.0. The molecule has 74 valence electrons. The van der Waals surface area contributed by atoms with Crippen molar-refractivity contribution in [1.29, 1.82) is 0 Å². The average molecular weight is 184 g/mol. The number of ketones is 1. The van der Waals surface area contributed by atoms with E-state index in [1.807, 2.05) is 0 Å². The highest BCUT2D eigenvalue weighted by molar-refractivity contribution is 5.81. The van der Waals surface area contributed by atoms with Crippen LogP contribution >= 0.6 is 0 Å². The third-order valence-corrected chi connectivity index (χ3v) is 2.42. The number of hydrogen-bond acceptors (Lipinski definition) is 3. The second kappa shape index (κ2) is 5.00.